The van der Waals surface area contributed by atoms with Crippen molar-refractivity contribution in [2.45, 2.75) is 6.42 Å². The summed E-state index contributed by atoms with van der Waals surface area (Å²) in [4.78, 5) is 4.49. The third-order valence-electron chi connectivity index (χ3n) is 2.73. The second kappa shape index (κ2) is 4.87. The van der Waals surface area contributed by atoms with Gasteiger partial charge < -0.3 is 9.47 Å². The van der Waals surface area contributed by atoms with Gasteiger partial charge in [0.05, 0.1) is 19.9 Å². The predicted molar refractivity (Wildman–Crippen MR) is 68.4 cm³/mol. The Morgan fingerprint density at radius 1 is 1.25 bits per heavy atom. The van der Waals surface area contributed by atoms with Crippen molar-refractivity contribution < 1.29 is 9.47 Å². The van der Waals surface area contributed by atoms with Gasteiger partial charge in [-0.05, 0) is 24.1 Å². The van der Waals surface area contributed by atoms with Crippen molar-refractivity contribution in [2.24, 2.45) is 4.99 Å². The van der Waals surface area contributed by atoms with Crippen LogP contribution in [0.25, 0.3) is 0 Å². The summed E-state index contributed by atoms with van der Waals surface area (Å²) in [5, 5.41) is 0.773. The summed E-state index contributed by atoms with van der Waals surface area (Å²) in [7, 11) is 3.31. The first-order chi connectivity index (χ1) is 7.80. The van der Waals surface area contributed by atoms with Gasteiger partial charge in [0, 0.05) is 17.4 Å². The first-order valence-corrected chi connectivity index (χ1v) is 6.27. The molecule has 0 saturated carbocycles. The maximum absolute atomic E-state index is 5.30. The van der Waals surface area contributed by atoms with Crippen LogP contribution in [0.2, 0.25) is 0 Å². The summed E-state index contributed by atoms with van der Waals surface area (Å²) in [6.45, 7) is 0.851. The van der Waals surface area contributed by atoms with Crippen LogP contribution in [0.5, 0.6) is 11.5 Å². The van der Waals surface area contributed by atoms with Crippen LogP contribution in [0.3, 0.4) is 0 Å². The average Bonchev–Trinajstić information content (AvgIpc) is 2.36. The summed E-state index contributed by atoms with van der Waals surface area (Å²) in [6, 6.07) is 4.05. The molecule has 0 atom stereocenters. The third kappa shape index (κ3) is 1.94. The Hall–Kier alpha value is -1.03. The molecule has 1 aliphatic rings. The van der Waals surface area contributed by atoms with E-state index >= 15 is 0 Å². The van der Waals surface area contributed by atoms with Gasteiger partial charge in [-0.15, -0.1) is 0 Å². The Labute approximate surface area is 104 Å². The third-order valence-corrected chi connectivity index (χ3v) is 3.26. The Kier molecular flexibility index (Phi) is 3.49. The van der Waals surface area contributed by atoms with Crippen LogP contribution in [0.15, 0.2) is 17.1 Å². The molecule has 0 spiro atoms. The van der Waals surface area contributed by atoms with Crippen LogP contribution >= 0.6 is 15.9 Å². The van der Waals surface area contributed by atoms with Crippen LogP contribution in [-0.4, -0.2) is 31.8 Å². The Balaban J connectivity index is 2.52. The maximum atomic E-state index is 5.30. The number of halogens is 1. The zero-order valence-electron chi connectivity index (χ0n) is 9.42. The number of hydrogen-bond donors (Lipinski definition) is 0. The number of benzene rings is 1. The molecule has 86 valence electrons. The molecule has 0 bridgehead atoms. The number of fused-ring (bicyclic) bond motifs is 1. The topological polar surface area (TPSA) is 30.8 Å². The number of ether oxygens (including phenoxy) is 2. The molecule has 0 unspecified atom stereocenters. The van der Waals surface area contributed by atoms with E-state index in [9.17, 15) is 0 Å². The van der Waals surface area contributed by atoms with Crippen LogP contribution in [0, 0.1) is 0 Å². The van der Waals surface area contributed by atoms with Gasteiger partial charge in [0.1, 0.15) is 0 Å². The molecule has 0 saturated heterocycles. The average molecular weight is 284 g/mol. The lowest BCUT2D eigenvalue weighted by Crippen LogP contribution is -2.14. The van der Waals surface area contributed by atoms with E-state index < -0.39 is 0 Å². The molecule has 2 rings (SSSR count). The van der Waals surface area contributed by atoms with Gasteiger partial charge in [-0.1, -0.05) is 15.9 Å². The minimum atomic E-state index is 0.761. The van der Waals surface area contributed by atoms with E-state index in [2.05, 4.69) is 20.9 Å². The predicted octanol–water partition coefficient (Wildman–Crippen LogP) is 2.44. The molecule has 0 N–H and O–H groups in total. The highest BCUT2D eigenvalue weighted by Gasteiger charge is 2.17. The fraction of sp³-hybridized carbons (Fsp3) is 0.417. The van der Waals surface area contributed by atoms with Crippen LogP contribution in [0.4, 0.5) is 0 Å². The molecule has 3 nitrogen and oxygen atoms in total. The lowest BCUT2D eigenvalue weighted by atomic mass is 9.97. The number of aliphatic imine (C=N–C) groups is 1. The Bertz CT molecular complexity index is 429. The van der Waals surface area contributed by atoms with Gasteiger partial charge in [0.25, 0.3) is 0 Å². The molecule has 1 heterocycles. The van der Waals surface area contributed by atoms with Gasteiger partial charge in [-0.3, -0.25) is 4.99 Å². The van der Waals surface area contributed by atoms with Crippen molar-refractivity contribution in [3.63, 3.8) is 0 Å². The van der Waals surface area contributed by atoms with Crippen LogP contribution < -0.4 is 9.47 Å². The molecule has 0 aromatic heterocycles. The van der Waals surface area contributed by atoms with Crippen LogP contribution in [0.1, 0.15) is 11.1 Å². The highest BCUT2D eigenvalue weighted by atomic mass is 79.9. The highest BCUT2D eigenvalue weighted by Crippen LogP contribution is 2.32. The molecule has 16 heavy (non-hydrogen) atoms. The number of nitrogens with zero attached hydrogens (tertiary/aromatic N) is 1. The van der Waals surface area contributed by atoms with E-state index in [4.69, 9.17) is 9.47 Å². The molecule has 4 heteroatoms. The summed E-state index contributed by atoms with van der Waals surface area (Å²) in [5.74, 6) is 1.55. The van der Waals surface area contributed by atoms with Crippen molar-refractivity contribution in [3.05, 3.63) is 23.3 Å². The Morgan fingerprint density at radius 3 is 2.56 bits per heavy atom. The number of hydrogen-bond acceptors (Lipinski definition) is 3. The summed E-state index contributed by atoms with van der Waals surface area (Å²) in [6.07, 6.45) is 0.964. The molecule has 0 amide bonds. The standard InChI is InChI=1S/C12H14BrNO2/c1-15-11-5-8-3-4-14-10(7-13)9(8)6-12(11)16-2/h5-6H,3-4,7H2,1-2H3. The number of methoxy groups -OCH3 is 2. The summed E-state index contributed by atoms with van der Waals surface area (Å²) < 4.78 is 10.6. The highest BCUT2D eigenvalue weighted by molar-refractivity contribution is 9.09. The number of alkyl halides is 1. The SMILES string of the molecule is COc1cc2c(cc1OC)C(CBr)=NCC2. The second-order valence-electron chi connectivity index (χ2n) is 3.58. The molecule has 1 aliphatic heterocycles. The number of rotatable bonds is 3. The molecule has 1 aromatic rings. The quantitative estimate of drug-likeness (QED) is 0.798. The molecule has 1 aromatic carbocycles. The first-order valence-electron chi connectivity index (χ1n) is 5.14. The largest absolute Gasteiger partial charge is 0.493 e. The molecular formula is C12H14BrNO2. The molecule has 0 aliphatic carbocycles. The van der Waals surface area contributed by atoms with Crippen molar-refractivity contribution in [3.8, 4) is 11.5 Å². The van der Waals surface area contributed by atoms with Crippen LogP contribution in [-0.2, 0) is 6.42 Å². The summed E-state index contributed by atoms with van der Waals surface area (Å²) in [5.41, 5.74) is 3.53. The fourth-order valence-corrected chi connectivity index (χ4v) is 2.39. The fourth-order valence-electron chi connectivity index (χ4n) is 1.91. The zero-order valence-corrected chi connectivity index (χ0v) is 11.0. The van der Waals surface area contributed by atoms with Gasteiger partial charge in [0.2, 0.25) is 0 Å². The maximum Gasteiger partial charge on any atom is 0.161 e. The molecular weight excluding hydrogens is 270 g/mol. The first kappa shape index (κ1) is 11.5. The van der Waals surface area contributed by atoms with Crippen molar-refractivity contribution in [2.75, 3.05) is 26.1 Å². The normalized spacial score (nSPS) is 14.1. The van der Waals surface area contributed by atoms with E-state index in [0.29, 0.717) is 0 Å². The van der Waals surface area contributed by atoms with E-state index in [0.717, 1.165) is 35.5 Å². The van der Waals surface area contributed by atoms with Gasteiger partial charge in [0.15, 0.2) is 11.5 Å². The molecule has 0 fully saturated rings. The minimum Gasteiger partial charge on any atom is -0.493 e. The van der Waals surface area contributed by atoms with E-state index in [1.807, 2.05) is 12.1 Å². The van der Waals surface area contributed by atoms with Gasteiger partial charge in [-0.25, -0.2) is 0 Å². The second-order valence-corrected chi connectivity index (χ2v) is 4.14. The van der Waals surface area contributed by atoms with Crippen molar-refractivity contribution in [1.82, 2.24) is 0 Å². The van der Waals surface area contributed by atoms with Crippen molar-refractivity contribution in [1.29, 1.82) is 0 Å². The van der Waals surface area contributed by atoms with E-state index in [1.54, 1.807) is 14.2 Å². The van der Waals surface area contributed by atoms with E-state index in [-0.39, 0.29) is 0 Å². The zero-order chi connectivity index (χ0) is 11.5. The molecule has 0 radical (unpaired) electrons. The van der Waals surface area contributed by atoms with Crippen molar-refractivity contribution >= 4 is 21.6 Å². The summed E-state index contributed by atoms with van der Waals surface area (Å²) >= 11 is 3.46. The lowest BCUT2D eigenvalue weighted by Gasteiger charge is -2.18. The monoisotopic (exact) mass is 283 g/mol. The van der Waals surface area contributed by atoms with Gasteiger partial charge >= 0.3 is 0 Å². The van der Waals surface area contributed by atoms with E-state index in [1.165, 1.54) is 11.1 Å². The Morgan fingerprint density at radius 2 is 1.94 bits per heavy atom. The smallest absolute Gasteiger partial charge is 0.161 e. The lowest BCUT2D eigenvalue weighted by molar-refractivity contribution is 0.354. The minimum absolute atomic E-state index is 0.761. The van der Waals surface area contributed by atoms with Gasteiger partial charge in [-0.2, -0.15) is 0 Å².